The van der Waals surface area contributed by atoms with E-state index in [1.807, 2.05) is 56.3 Å². The van der Waals surface area contributed by atoms with Crippen LogP contribution < -0.4 is 9.47 Å². The zero-order valence-corrected chi connectivity index (χ0v) is 21.6. The Labute approximate surface area is 217 Å². The summed E-state index contributed by atoms with van der Waals surface area (Å²) in [6.45, 7) is 7.92. The number of para-hydroxylation sites is 1. The Balaban J connectivity index is 0.000000521. The van der Waals surface area contributed by atoms with E-state index in [1.165, 1.54) is 32.4 Å². The van der Waals surface area contributed by atoms with E-state index < -0.39 is 11.9 Å². The molecule has 8 nitrogen and oxygen atoms in total. The van der Waals surface area contributed by atoms with Crippen molar-refractivity contribution in [3.8, 4) is 11.5 Å². The van der Waals surface area contributed by atoms with Gasteiger partial charge in [0.05, 0.1) is 7.11 Å². The van der Waals surface area contributed by atoms with Gasteiger partial charge >= 0.3 is 11.9 Å². The van der Waals surface area contributed by atoms with Gasteiger partial charge in [-0.15, -0.1) is 0 Å². The number of carbonyl (C=O) groups is 3. The maximum Gasteiger partial charge on any atom is 0.328 e. The summed E-state index contributed by atoms with van der Waals surface area (Å²) in [5.74, 6) is -0.935. The minimum absolute atomic E-state index is 0.00854. The number of carbonyl (C=O) groups excluding carboxylic acids is 1. The highest BCUT2D eigenvalue weighted by Crippen LogP contribution is 2.24. The summed E-state index contributed by atoms with van der Waals surface area (Å²) >= 11 is 0. The third-order valence-electron chi connectivity index (χ3n) is 5.80. The van der Waals surface area contributed by atoms with Crippen molar-refractivity contribution in [2.24, 2.45) is 0 Å². The third kappa shape index (κ3) is 10.3. The highest BCUT2D eigenvalue weighted by molar-refractivity contribution is 6.09. The number of aryl methyl sites for hydroxylation is 2. The molecule has 0 radical (unpaired) electrons. The third-order valence-corrected chi connectivity index (χ3v) is 5.80. The number of carboxylic acids is 2. The van der Waals surface area contributed by atoms with Crippen LogP contribution in [0.5, 0.6) is 11.5 Å². The van der Waals surface area contributed by atoms with Gasteiger partial charge in [0.15, 0.2) is 5.78 Å². The fraction of sp³-hybridized carbons (Fsp3) is 0.345. The lowest BCUT2D eigenvalue weighted by atomic mass is 9.98. The Bertz CT molecular complexity index is 1090. The maximum absolute atomic E-state index is 12.8. The van der Waals surface area contributed by atoms with Crippen molar-refractivity contribution in [3.63, 3.8) is 0 Å². The van der Waals surface area contributed by atoms with Gasteiger partial charge in [0.1, 0.15) is 18.1 Å². The molecule has 0 saturated carbocycles. The van der Waals surface area contributed by atoms with Gasteiger partial charge in [-0.25, -0.2) is 9.59 Å². The Morgan fingerprint density at radius 2 is 1.51 bits per heavy atom. The van der Waals surface area contributed by atoms with Crippen molar-refractivity contribution in [3.05, 3.63) is 76.9 Å². The standard InChI is InChI=1S/C25H31NO3.C4H4O4/c1-19-17-22(29-16-15-26-13-7-4-8-14-26)18-20(2)25(19)23(27)12-11-21-9-5-6-10-24(21)28-3;5-3(6)1-2-4(7)8/h5-6,9-12,17-18H,4,7-8,13-16H2,1-3H3;1-2H,(H,5,6)(H,7,8)/b12-11+;2-1+. The number of carboxylic acid groups (broad SMARTS) is 2. The van der Waals surface area contributed by atoms with Gasteiger partial charge in [-0.1, -0.05) is 24.6 Å². The summed E-state index contributed by atoms with van der Waals surface area (Å²) in [7, 11) is 1.63. The van der Waals surface area contributed by atoms with Crippen molar-refractivity contribution in [2.75, 3.05) is 33.4 Å². The second-order valence-electron chi connectivity index (χ2n) is 8.63. The lowest BCUT2D eigenvalue weighted by molar-refractivity contribution is -0.134. The van der Waals surface area contributed by atoms with E-state index in [0.717, 1.165) is 40.3 Å². The Kier molecular flexibility index (Phi) is 12.1. The number of hydrogen-bond acceptors (Lipinski definition) is 6. The van der Waals surface area contributed by atoms with Gasteiger partial charge < -0.3 is 19.7 Å². The average Bonchev–Trinajstić information content (AvgIpc) is 2.87. The SMILES string of the molecule is COc1ccccc1/C=C/C(=O)c1c(C)cc(OCCN2CCCCC2)cc1C.O=C(O)/C=C/C(=O)O. The molecule has 1 aliphatic heterocycles. The van der Waals surface area contributed by atoms with Crippen molar-refractivity contribution < 1.29 is 34.1 Å². The van der Waals surface area contributed by atoms with Crippen LogP contribution in [0.15, 0.2) is 54.6 Å². The average molecular weight is 510 g/mol. The van der Waals surface area contributed by atoms with Crippen molar-refractivity contribution >= 4 is 23.8 Å². The predicted molar refractivity (Wildman–Crippen MR) is 142 cm³/mol. The van der Waals surface area contributed by atoms with Crippen LogP contribution in [0.3, 0.4) is 0 Å². The molecule has 2 aromatic rings. The summed E-state index contributed by atoms with van der Waals surface area (Å²) in [5, 5.41) is 15.6. The first-order chi connectivity index (χ1) is 17.7. The first-order valence-corrected chi connectivity index (χ1v) is 12.2. The molecule has 0 atom stereocenters. The molecule has 0 unspecified atom stereocenters. The number of piperidine rings is 1. The molecule has 37 heavy (non-hydrogen) atoms. The summed E-state index contributed by atoms with van der Waals surface area (Å²) < 4.78 is 11.3. The highest BCUT2D eigenvalue weighted by Gasteiger charge is 2.13. The van der Waals surface area contributed by atoms with Crippen LogP contribution in [-0.4, -0.2) is 66.2 Å². The molecule has 198 valence electrons. The van der Waals surface area contributed by atoms with E-state index >= 15 is 0 Å². The highest BCUT2D eigenvalue weighted by atomic mass is 16.5. The number of ether oxygens (including phenoxy) is 2. The van der Waals surface area contributed by atoms with Crippen LogP contribution in [0, 0.1) is 13.8 Å². The molecule has 1 fully saturated rings. The monoisotopic (exact) mass is 509 g/mol. The number of ketones is 1. The number of rotatable bonds is 10. The molecule has 3 rings (SSSR count). The van der Waals surface area contributed by atoms with Gasteiger partial charge in [-0.3, -0.25) is 9.69 Å². The fourth-order valence-electron chi connectivity index (χ4n) is 4.07. The van der Waals surface area contributed by atoms with Crippen molar-refractivity contribution in [1.29, 1.82) is 0 Å². The van der Waals surface area contributed by atoms with Gasteiger partial charge in [-0.2, -0.15) is 0 Å². The second kappa shape index (κ2) is 15.3. The number of likely N-dealkylation sites (tertiary alicyclic amines) is 1. The summed E-state index contributed by atoms with van der Waals surface area (Å²) in [5.41, 5.74) is 3.50. The first-order valence-electron chi connectivity index (χ1n) is 12.2. The number of benzene rings is 2. The minimum Gasteiger partial charge on any atom is -0.496 e. The summed E-state index contributed by atoms with van der Waals surface area (Å²) in [6, 6.07) is 11.6. The number of nitrogens with zero attached hydrogens (tertiary/aromatic N) is 1. The number of aliphatic carboxylic acids is 2. The van der Waals surface area contributed by atoms with E-state index in [1.54, 1.807) is 13.2 Å². The molecule has 0 amide bonds. The van der Waals surface area contributed by atoms with Crippen LogP contribution in [0.2, 0.25) is 0 Å². The number of methoxy groups -OCH3 is 1. The quantitative estimate of drug-likeness (QED) is 0.347. The van der Waals surface area contributed by atoms with Crippen LogP contribution in [-0.2, 0) is 9.59 Å². The van der Waals surface area contributed by atoms with Gasteiger partial charge in [0, 0.05) is 29.8 Å². The van der Waals surface area contributed by atoms with Crippen LogP contribution in [0.4, 0.5) is 0 Å². The largest absolute Gasteiger partial charge is 0.496 e. The zero-order valence-electron chi connectivity index (χ0n) is 21.6. The van der Waals surface area contributed by atoms with Gasteiger partial charge in [-0.05, 0) is 81.3 Å². The van der Waals surface area contributed by atoms with Crippen LogP contribution in [0.1, 0.15) is 46.3 Å². The molecule has 0 bridgehead atoms. The lowest BCUT2D eigenvalue weighted by Gasteiger charge is -2.26. The number of allylic oxidation sites excluding steroid dienone is 1. The molecular formula is C29H35NO7. The lowest BCUT2D eigenvalue weighted by Crippen LogP contribution is -2.33. The van der Waals surface area contributed by atoms with Crippen molar-refractivity contribution in [2.45, 2.75) is 33.1 Å². The Morgan fingerprint density at radius 1 is 0.919 bits per heavy atom. The Hall–Kier alpha value is -3.91. The van der Waals surface area contributed by atoms with Crippen LogP contribution >= 0.6 is 0 Å². The molecule has 2 aromatic carbocycles. The van der Waals surface area contributed by atoms with E-state index in [9.17, 15) is 14.4 Å². The molecule has 0 aromatic heterocycles. The smallest absolute Gasteiger partial charge is 0.328 e. The Morgan fingerprint density at radius 3 is 2.08 bits per heavy atom. The van der Waals surface area contributed by atoms with Crippen LogP contribution in [0.25, 0.3) is 6.08 Å². The van der Waals surface area contributed by atoms with Gasteiger partial charge in [0.2, 0.25) is 0 Å². The molecule has 0 spiro atoms. The first kappa shape index (κ1) is 29.3. The summed E-state index contributed by atoms with van der Waals surface area (Å²) in [4.78, 5) is 34.4. The summed E-state index contributed by atoms with van der Waals surface area (Å²) in [6.07, 6.45) is 8.46. The van der Waals surface area contributed by atoms with E-state index in [-0.39, 0.29) is 5.78 Å². The predicted octanol–water partition coefficient (Wildman–Crippen LogP) is 4.78. The van der Waals surface area contributed by atoms with E-state index in [2.05, 4.69) is 4.90 Å². The topological polar surface area (TPSA) is 113 Å². The van der Waals surface area contributed by atoms with Crippen molar-refractivity contribution in [1.82, 2.24) is 4.90 Å². The molecule has 8 heteroatoms. The maximum atomic E-state index is 12.8. The van der Waals surface area contributed by atoms with E-state index in [0.29, 0.717) is 18.8 Å². The zero-order chi connectivity index (χ0) is 27.2. The molecular weight excluding hydrogens is 474 g/mol. The molecule has 1 saturated heterocycles. The second-order valence-corrected chi connectivity index (χ2v) is 8.63. The van der Waals surface area contributed by atoms with Gasteiger partial charge in [0.25, 0.3) is 0 Å². The molecule has 1 aliphatic rings. The van der Waals surface area contributed by atoms with E-state index in [4.69, 9.17) is 19.7 Å². The normalized spacial score (nSPS) is 13.7. The molecule has 0 aliphatic carbocycles. The fourth-order valence-corrected chi connectivity index (χ4v) is 4.07. The molecule has 2 N–H and O–H groups in total. The molecule has 1 heterocycles. The minimum atomic E-state index is -1.26. The number of hydrogen-bond donors (Lipinski definition) is 2.